The Morgan fingerprint density at radius 1 is 0.535 bits per heavy atom. The number of ether oxygens (including phenoxy) is 2. The molecule has 0 bridgehead atoms. The second-order valence-electron chi connectivity index (χ2n) is 12.7. The molecule has 1 N–H and O–H groups in total. The molecule has 0 amide bonds. The lowest BCUT2D eigenvalue weighted by atomic mass is 10.0. The quantitative estimate of drug-likeness (QED) is 0.0576. The van der Waals surface area contributed by atoms with Crippen LogP contribution in [0.4, 0.5) is 0 Å². The Labute approximate surface area is 267 Å². The molecule has 43 heavy (non-hydrogen) atoms. The van der Waals surface area contributed by atoms with E-state index in [2.05, 4.69) is 25.7 Å². The van der Waals surface area contributed by atoms with Crippen molar-refractivity contribution in [2.24, 2.45) is 0 Å². The van der Waals surface area contributed by atoms with E-state index in [9.17, 15) is 14.7 Å². The molecular formula is C37H73NO5. The molecule has 0 aromatic rings. The molecule has 6 nitrogen and oxygen atoms in total. The van der Waals surface area contributed by atoms with Gasteiger partial charge >= 0.3 is 11.9 Å². The van der Waals surface area contributed by atoms with Crippen molar-refractivity contribution in [2.45, 2.75) is 194 Å². The van der Waals surface area contributed by atoms with Crippen molar-refractivity contribution < 1.29 is 24.2 Å². The highest BCUT2D eigenvalue weighted by Gasteiger charge is 2.16. The van der Waals surface area contributed by atoms with E-state index in [-0.39, 0.29) is 24.6 Å². The number of nitrogens with zero attached hydrogens (tertiary/aromatic N) is 1. The zero-order valence-corrected chi connectivity index (χ0v) is 29.0. The molecule has 0 unspecified atom stereocenters. The molecule has 256 valence electrons. The molecule has 0 aromatic heterocycles. The molecule has 0 atom stereocenters. The van der Waals surface area contributed by atoms with E-state index in [0.29, 0.717) is 32.5 Å². The van der Waals surface area contributed by atoms with E-state index in [1.807, 2.05) is 0 Å². The number of aliphatic hydroxyl groups excluding tert-OH is 1. The number of rotatable bonds is 34. The van der Waals surface area contributed by atoms with E-state index < -0.39 is 0 Å². The van der Waals surface area contributed by atoms with Crippen LogP contribution >= 0.6 is 0 Å². The molecule has 0 rings (SSSR count). The summed E-state index contributed by atoms with van der Waals surface area (Å²) in [6.07, 6.45) is 29.2. The normalized spacial score (nSPS) is 11.5. The van der Waals surface area contributed by atoms with Gasteiger partial charge in [-0.2, -0.15) is 0 Å². The molecule has 0 aromatic carbocycles. The molecule has 0 saturated heterocycles. The first-order chi connectivity index (χ1) is 21.1. The van der Waals surface area contributed by atoms with Crippen molar-refractivity contribution in [3.05, 3.63) is 0 Å². The number of aliphatic hydroxyl groups is 1. The molecule has 0 aliphatic heterocycles. The summed E-state index contributed by atoms with van der Waals surface area (Å²) in [6, 6.07) is 0. The topological polar surface area (TPSA) is 76.1 Å². The lowest BCUT2D eigenvalue weighted by Crippen LogP contribution is -2.31. The fourth-order valence-electron chi connectivity index (χ4n) is 5.64. The maximum atomic E-state index is 12.8. The van der Waals surface area contributed by atoms with Gasteiger partial charge in [0, 0.05) is 19.5 Å². The zero-order chi connectivity index (χ0) is 31.6. The van der Waals surface area contributed by atoms with Crippen molar-refractivity contribution in [2.75, 3.05) is 32.8 Å². The predicted octanol–water partition coefficient (Wildman–Crippen LogP) is 9.94. The van der Waals surface area contributed by atoms with Gasteiger partial charge in [-0.25, -0.2) is 0 Å². The fourth-order valence-corrected chi connectivity index (χ4v) is 5.64. The second-order valence-corrected chi connectivity index (χ2v) is 12.7. The average Bonchev–Trinajstić information content (AvgIpc) is 3.00. The Hall–Kier alpha value is -1.14. The lowest BCUT2D eigenvalue weighted by molar-refractivity contribution is -0.150. The van der Waals surface area contributed by atoms with Gasteiger partial charge in [-0.1, -0.05) is 130 Å². The molecule has 6 heteroatoms. The van der Waals surface area contributed by atoms with Gasteiger partial charge in [0.15, 0.2) is 0 Å². The summed E-state index contributed by atoms with van der Waals surface area (Å²) >= 11 is 0. The van der Waals surface area contributed by atoms with Crippen LogP contribution in [0.3, 0.4) is 0 Å². The van der Waals surface area contributed by atoms with Crippen molar-refractivity contribution >= 4 is 11.9 Å². The Morgan fingerprint density at radius 2 is 1.02 bits per heavy atom. The van der Waals surface area contributed by atoms with Crippen LogP contribution in [0.2, 0.25) is 0 Å². The van der Waals surface area contributed by atoms with Crippen LogP contribution < -0.4 is 0 Å². The Bertz CT molecular complexity index is 584. The predicted molar refractivity (Wildman–Crippen MR) is 181 cm³/mol. The minimum Gasteiger partial charge on any atom is -0.466 e. The summed E-state index contributed by atoms with van der Waals surface area (Å²) in [5.41, 5.74) is 0. The first kappa shape index (κ1) is 41.9. The Balaban J connectivity index is 4.16. The average molecular weight is 612 g/mol. The Kier molecular flexibility index (Phi) is 32.9. The van der Waals surface area contributed by atoms with Crippen LogP contribution in [0, 0.1) is 0 Å². The van der Waals surface area contributed by atoms with Crippen molar-refractivity contribution in [1.82, 2.24) is 4.90 Å². The fraction of sp³-hybridized carbons (Fsp3) is 0.946. The van der Waals surface area contributed by atoms with Gasteiger partial charge in [0.25, 0.3) is 0 Å². The van der Waals surface area contributed by atoms with E-state index in [0.717, 1.165) is 83.6 Å². The highest BCUT2D eigenvalue weighted by atomic mass is 16.5. The van der Waals surface area contributed by atoms with Gasteiger partial charge in [-0.3, -0.25) is 9.59 Å². The van der Waals surface area contributed by atoms with Gasteiger partial charge < -0.3 is 19.5 Å². The number of hydrogen-bond acceptors (Lipinski definition) is 6. The van der Waals surface area contributed by atoms with Gasteiger partial charge in [0.1, 0.15) is 6.10 Å². The van der Waals surface area contributed by atoms with Gasteiger partial charge in [0.05, 0.1) is 19.6 Å². The highest BCUT2D eigenvalue weighted by Crippen LogP contribution is 2.18. The summed E-state index contributed by atoms with van der Waals surface area (Å²) < 4.78 is 11.3. The zero-order valence-electron chi connectivity index (χ0n) is 29.0. The molecule has 0 heterocycles. The summed E-state index contributed by atoms with van der Waals surface area (Å²) in [4.78, 5) is 26.7. The number of esters is 2. The Morgan fingerprint density at radius 3 is 1.58 bits per heavy atom. The van der Waals surface area contributed by atoms with Gasteiger partial charge in [0.2, 0.25) is 0 Å². The molecule has 0 fully saturated rings. The molecule has 0 radical (unpaired) electrons. The van der Waals surface area contributed by atoms with Crippen LogP contribution in [0.25, 0.3) is 0 Å². The number of carbonyl (C=O) groups is 2. The second kappa shape index (κ2) is 33.7. The van der Waals surface area contributed by atoms with Crippen LogP contribution in [0.15, 0.2) is 0 Å². The molecule has 0 saturated carbocycles. The first-order valence-electron chi connectivity index (χ1n) is 18.8. The van der Waals surface area contributed by atoms with Crippen LogP contribution in [0.1, 0.15) is 188 Å². The van der Waals surface area contributed by atoms with E-state index >= 15 is 0 Å². The van der Waals surface area contributed by atoms with Crippen LogP contribution in [0.5, 0.6) is 0 Å². The SMILES string of the molecule is CCCCCCCCC(CCCCCCCC)OC(=O)CCN(CCO)CCCCCCCCCC(=O)OCCCCC. The van der Waals surface area contributed by atoms with Crippen LogP contribution in [-0.4, -0.2) is 60.9 Å². The van der Waals surface area contributed by atoms with E-state index in [4.69, 9.17) is 9.47 Å². The summed E-state index contributed by atoms with van der Waals surface area (Å²) in [6.45, 7) is 9.53. The highest BCUT2D eigenvalue weighted by molar-refractivity contribution is 5.69. The van der Waals surface area contributed by atoms with Gasteiger partial charge in [-0.15, -0.1) is 0 Å². The van der Waals surface area contributed by atoms with Crippen LogP contribution in [-0.2, 0) is 19.1 Å². The minimum absolute atomic E-state index is 0.0462. The molecular weight excluding hydrogens is 538 g/mol. The molecule has 0 aliphatic rings. The first-order valence-corrected chi connectivity index (χ1v) is 18.8. The summed E-state index contributed by atoms with van der Waals surface area (Å²) in [7, 11) is 0. The number of hydrogen-bond donors (Lipinski definition) is 1. The summed E-state index contributed by atoms with van der Waals surface area (Å²) in [5, 5.41) is 9.54. The largest absolute Gasteiger partial charge is 0.466 e. The maximum absolute atomic E-state index is 12.8. The van der Waals surface area contributed by atoms with E-state index in [1.54, 1.807) is 0 Å². The number of carbonyl (C=O) groups excluding carboxylic acids is 2. The number of unbranched alkanes of at least 4 members (excludes halogenated alkanes) is 18. The third-order valence-corrected chi connectivity index (χ3v) is 8.47. The standard InChI is InChI=1S/C37H73NO5/c1-4-7-10-12-17-21-26-35(27-22-18-13-11-8-5-2)43-37(41)29-31-38(32-33-39)30-24-20-16-14-15-19-23-28-36(40)42-34-25-9-6-3/h35,39H,4-34H2,1-3H3. The maximum Gasteiger partial charge on any atom is 0.307 e. The van der Waals surface area contributed by atoms with Crippen molar-refractivity contribution in [3.63, 3.8) is 0 Å². The van der Waals surface area contributed by atoms with E-state index in [1.165, 1.54) is 77.0 Å². The third kappa shape index (κ3) is 30.7. The van der Waals surface area contributed by atoms with Crippen molar-refractivity contribution in [3.8, 4) is 0 Å². The monoisotopic (exact) mass is 612 g/mol. The smallest absolute Gasteiger partial charge is 0.307 e. The van der Waals surface area contributed by atoms with Crippen molar-refractivity contribution in [1.29, 1.82) is 0 Å². The van der Waals surface area contributed by atoms with Gasteiger partial charge in [-0.05, 0) is 51.5 Å². The minimum atomic E-state index is -0.0743. The lowest BCUT2D eigenvalue weighted by Gasteiger charge is -2.22. The molecule has 0 spiro atoms. The summed E-state index contributed by atoms with van der Waals surface area (Å²) in [5.74, 6) is -0.121. The molecule has 0 aliphatic carbocycles. The third-order valence-electron chi connectivity index (χ3n) is 8.47.